The van der Waals surface area contributed by atoms with Crippen molar-refractivity contribution in [3.05, 3.63) is 35.9 Å². The van der Waals surface area contributed by atoms with Gasteiger partial charge in [-0.05, 0) is 44.7 Å². The number of aliphatic imine (C=N–C) groups is 1. The Morgan fingerprint density at radius 3 is 2.63 bits per heavy atom. The van der Waals surface area contributed by atoms with Gasteiger partial charge in [0.05, 0.1) is 0 Å². The number of likely N-dealkylation sites (N-methyl/N-ethyl adjacent to an activating group) is 1. The molecule has 1 aliphatic carbocycles. The summed E-state index contributed by atoms with van der Waals surface area (Å²) in [6.07, 6.45) is 5.08. The maximum Gasteiger partial charge on any atom is 0.191 e. The maximum absolute atomic E-state index is 4.44. The quantitative estimate of drug-likeness (QED) is 0.545. The molecule has 1 aromatic carbocycles. The van der Waals surface area contributed by atoms with Gasteiger partial charge in [0.15, 0.2) is 5.96 Å². The van der Waals surface area contributed by atoms with Crippen LogP contribution in [0.4, 0.5) is 0 Å². The molecule has 0 aromatic heterocycles. The summed E-state index contributed by atoms with van der Waals surface area (Å²) in [6, 6.07) is 12.7. The fourth-order valence-electron chi connectivity index (χ4n) is 4.15. The molecule has 0 amide bonds. The molecule has 2 aliphatic rings. The van der Waals surface area contributed by atoms with Crippen LogP contribution in [0.3, 0.4) is 0 Å². The summed E-state index contributed by atoms with van der Waals surface area (Å²) < 4.78 is 0. The lowest BCUT2D eigenvalue weighted by molar-refractivity contribution is 0.134. The number of nitrogens with one attached hydrogen (secondary N) is 2. The fraction of sp³-hybridized carbons (Fsp3) is 0.682. The zero-order valence-electron chi connectivity index (χ0n) is 17.3. The van der Waals surface area contributed by atoms with E-state index in [9.17, 15) is 0 Å². The van der Waals surface area contributed by atoms with Gasteiger partial charge in [-0.3, -0.25) is 14.8 Å². The van der Waals surface area contributed by atoms with Crippen molar-refractivity contribution in [2.24, 2.45) is 4.99 Å². The molecule has 0 radical (unpaired) electrons. The van der Waals surface area contributed by atoms with Crippen molar-refractivity contribution in [2.45, 2.75) is 64.2 Å². The third-order valence-corrected chi connectivity index (χ3v) is 5.97. The highest BCUT2D eigenvalue weighted by molar-refractivity contribution is 5.79. The van der Waals surface area contributed by atoms with E-state index in [1.165, 1.54) is 24.8 Å². The third kappa shape index (κ3) is 6.22. The van der Waals surface area contributed by atoms with Gasteiger partial charge in [0, 0.05) is 51.4 Å². The summed E-state index contributed by atoms with van der Waals surface area (Å²) in [5, 5.41) is 7.16. The minimum Gasteiger partial charge on any atom is -0.355 e. The molecular formula is C22H37N5. The van der Waals surface area contributed by atoms with E-state index < -0.39 is 0 Å². The summed E-state index contributed by atoms with van der Waals surface area (Å²) in [5.74, 6) is 0.954. The monoisotopic (exact) mass is 371 g/mol. The maximum atomic E-state index is 4.44. The first kappa shape index (κ1) is 20.2. The van der Waals surface area contributed by atoms with Crippen LogP contribution in [-0.4, -0.2) is 67.1 Å². The molecule has 2 N–H and O–H groups in total. The highest BCUT2D eigenvalue weighted by Gasteiger charge is 2.28. The molecule has 2 atom stereocenters. The lowest BCUT2D eigenvalue weighted by atomic mass is 9.97. The van der Waals surface area contributed by atoms with Gasteiger partial charge < -0.3 is 10.6 Å². The van der Waals surface area contributed by atoms with Gasteiger partial charge in [0.1, 0.15) is 0 Å². The number of guanidine groups is 1. The third-order valence-electron chi connectivity index (χ3n) is 5.97. The zero-order valence-corrected chi connectivity index (χ0v) is 17.3. The summed E-state index contributed by atoms with van der Waals surface area (Å²) in [6.45, 7) is 10.0. The van der Waals surface area contributed by atoms with E-state index in [2.05, 4.69) is 69.6 Å². The molecule has 1 aliphatic heterocycles. The van der Waals surface area contributed by atoms with Crippen LogP contribution in [0.25, 0.3) is 0 Å². The van der Waals surface area contributed by atoms with E-state index in [1.54, 1.807) is 0 Å². The molecule has 1 aromatic rings. The van der Waals surface area contributed by atoms with E-state index in [0.717, 1.165) is 51.1 Å². The van der Waals surface area contributed by atoms with E-state index in [1.807, 2.05) is 7.05 Å². The van der Waals surface area contributed by atoms with Crippen LogP contribution in [0, 0.1) is 0 Å². The van der Waals surface area contributed by atoms with Crippen LogP contribution < -0.4 is 10.6 Å². The van der Waals surface area contributed by atoms with E-state index >= 15 is 0 Å². The van der Waals surface area contributed by atoms with E-state index in [4.69, 9.17) is 0 Å². The Kier molecular flexibility index (Phi) is 7.53. The normalized spacial score (nSPS) is 24.2. The fourth-order valence-corrected chi connectivity index (χ4v) is 4.15. The number of likely N-dealkylation sites (tertiary alicyclic amines) is 1. The van der Waals surface area contributed by atoms with Gasteiger partial charge in [0.25, 0.3) is 0 Å². The van der Waals surface area contributed by atoms with Crippen LogP contribution in [0.2, 0.25) is 0 Å². The number of rotatable bonds is 8. The molecule has 0 bridgehead atoms. The van der Waals surface area contributed by atoms with Crippen molar-refractivity contribution in [3.8, 4) is 0 Å². The minimum atomic E-state index is 0.504. The standard InChI is InChI=1S/C22H37N5/c1-4-26(21-10-11-21)15-13-24-22(23-3)25-20-12-14-27(18(2)16-20)17-19-8-6-5-7-9-19/h5-9,18,20-21H,4,10-17H2,1-3H3,(H2,23,24,25). The average Bonchev–Trinajstić information content (AvgIpc) is 3.52. The molecule has 2 fully saturated rings. The SMILES string of the molecule is CCN(CCNC(=NC)NC1CCN(Cc2ccccc2)C(C)C1)C1CC1. The lowest BCUT2D eigenvalue weighted by Crippen LogP contribution is -2.52. The molecule has 150 valence electrons. The first-order valence-electron chi connectivity index (χ1n) is 10.7. The molecule has 1 saturated carbocycles. The summed E-state index contributed by atoms with van der Waals surface area (Å²) >= 11 is 0. The van der Waals surface area contributed by atoms with Crippen LogP contribution in [0.1, 0.15) is 45.1 Å². The van der Waals surface area contributed by atoms with E-state index in [0.29, 0.717) is 12.1 Å². The van der Waals surface area contributed by atoms with Crippen LogP contribution in [0.15, 0.2) is 35.3 Å². The number of hydrogen-bond acceptors (Lipinski definition) is 3. The Balaban J connectivity index is 1.39. The zero-order chi connectivity index (χ0) is 19.1. The van der Waals surface area contributed by atoms with Gasteiger partial charge in [-0.25, -0.2) is 0 Å². The van der Waals surface area contributed by atoms with E-state index in [-0.39, 0.29) is 0 Å². The van der Waals surface area contributed by atoms with Crippen molar-refractivity contribution in [2.75, 3.05) is 33.2 Å². The Hall–Kier alpha value is -1.59. The second-order valence-corrected chi connectivity index (χ2v) is 8.03. The molecular weight excluding hydrogens is 334 g/mol. The number of piperidine rings is 1. The topological polar surface area (TPSA) is 42.9 Å². The number of hydrogen-bond donors (Lipinski definition) is 2. The predicted octanol–water partition coefficient (Wildman–Crippen LogP) is 2.69. The van der Waals surface area contributed by atoms with Crippen molar-refractivity contribution in [1.82, 2.24) is 20.4 Å². The molecule has 1 heterocycles. The molecule has 5 nitrogen and oxygen atoms in total. The molecule has 5 heteroatoms. The number of nitrogens with zero attached hydrogens (tertiary/aromatic N) is 3. The predicted molar refractivity (Wildman–Crippen MR) is 114 cm³/mol. The molecule has 1 saturated heterocycles. The summed E-state index contributed by atoms with van der Waals surface area (Å²) in [5.41, 5.74) is 1.41. The average molecular weight is 372 g/mol. The molecule has 0 spiro atoms. The first-order valence-corrected chi connectivity index (χ1v) is 10.7. The second-order valence-electron chi connectivity index (χ2n) is 8.03. The van der Waals surface area contributed by atoms with Crippen LogP contribution in [-0.2, 0) is 6.54 Å². The minimum absolute atomic E-state index is 0.504. The summed E-state index contributed by atoms with van der Waals surface area (Å²) in [7, 11) is 1.88. The Morgan fingerprint density at radius 1 is 1.22 bits per heavy atom. The van der Waals surface area contributed by atoms with Gasteiger partial charge in [-0.15, -0.1) is 0 Å². The van der Waals surface area contributed by atoms with Crippen molar-refractivity contribution < 1.29 is 0 Å². The largest absolute Gasteiger partial charge is 0.355 e. The van der Waals surface area contributed by atoms with Crippen molar-refractivity contribution in [3.63, 3.8) is 0 Å². The smallest absolute Gasteiger partial charge is 0.191 e. The Bertz CT molecular complexity index is 584. The highest BCUT2D eigenvalue weighted by atomic mass is 15.2. The summed E-state index contributed by atoms with van der Waals surface area (Å²) in [4.78, 5) is 9.61. The molecule has 2 unspecified atom stereocenters. The van der Waals surface area contributed by atoms with Crippen molar-refractivity contribution >= 4 is 5.96 Å². The Labute approximate surface area is 165 Å². The number of benzene rings is 1. The molecule has 27 heavy (non-hydrogen) atoms. The van der Waals surface area contributed by atoms with Gasteiger partial charge in [0.2, 0.25) is 0 Å². The Morgan fingerprint density at radius 2 is 2.00 bits per heavy atom. The lowest BCUT2D eigenvalue weighted by Gasteiger charge is -2.38. The van der Waals surface area contributed by atoms with Gasteiger partial charge >= 0.3 is 0 Å². The molecule has 3 rings (SSSR count). The first-order chi connectivity index (χ1) is 13.2. The van der Waals surface area contributed by atoms with Crippen LogP contribution in [0.5, 0.6) is 0 Å². The second kappa shape index (κ2) is 10.1. The van der Waals surface area contributed by atoms with Crippen molar-refractivity contribution in [1.29, 1.82) is 0 Å². The van der Waals surface area contributed by atoms with Crippen LogP contribution >= 0.6 is 0 Å². The van der Waals surface area contributed by atoms with Gasteiger partial charge in [-0.1, -0.05) is 37.3 Å². The van der Waals surface area contributed by atoms with Gasteiger partial charge in [-0.2, -0.15) is 0 Å². The highest BCUT2D eigenvalue weighted by Crippen LogP contribution is 2.25.